The van der Waals surface area contributed by atoms with Gasteiger partial charge in [-0.3, -0.25) is 9.59 Å². The molecular weight excluding hydrogens is 532 g/mol. The van der Waals surface area contributed by atoms with Crippen molar-refractivity contribution in [3.8, 4) is 0 Å². The Labute approximate surface area is 260 Å². The monoisotopic (exact) mass is 603 g/mol. The van der Waals surface area contributed by atoms with Gasteiger partial charge in [0, 0.05) is 27.1 Å². The van der Waals surface area contributed by atoms with E-state index >= 15 is 0 Å². The molecule has 7 nitrogen and oxygen atoms in total. The van der Waals surface area contributed by atoms with Crippen LogP contribution in [-0.2, 0) is 19.1 Å². The molecule has 2 atom stereocenters. The molecule has 0 radical (unpaired) electrons. The molecule has 0 aromatic carbocycles. The first-order chi connectivity index (χ1) is 19.4. The number of hydrogen-bond acceptors (Lipinski definition) is 7. The van der Waals surface area contributed by atoms with E-state index in [-0.39, 0.29) is 18.5 Å². The fourth-order valence-corrected chi connectivity index (χ4v) is 3.37. The standard InChI is InChI=1S/C15H26O.C7H14O2.C6H12O2.C5H12O.C2H6O/c1-12(2)6-5-11-15(4,16)14-9-7-13(3)8-10-14;1-6(2)4-5-9-7(3)8;1-5(2)4-8-6(3)7;1-5(2)3-4-6;1-2-3/h6-7,14,16H,5,8-11H2,1-4H3;6H,4-5H2,1-3H3;5H,4H2,1-3H3;5-6H,3-4H2,1-2H3;3H,2H2,1H3/t14-,15+;;;;/m0..../s1. The van der Waals surface area contributed by atoms with Crippen molar-refractivity contribution in [3.63, 3.8) is 0 Å². The molecule has 252 valence electrons. The van der Waals surface area contributed by atoms with Gasteiger partial charge in [-0.15, -0.1) is 0 Å². The maximum Gasteiger partial charge on any atom is 0.302 e. The van der Waals surface area contributed by atoms with Gasteiger partial charge in [0.15, 0.2) is 0 Å². The summed E-state index contributed by atoms with van der Waals surface area (Å²) >= 11 is 0. The van der Waals surface area contributed by atoms with Crippen molar-refractivity contribution in [2.75, 3.05) is 26.4 Å². The number of allylic oxidation sites excluding steroid dienone is 4. The summed E-state index contributed by atoms with van der Waals surface area (Å²) in [6.07, 6.45) is 11.6. The van der Waals surface area contributed by atoms with Gasteiger partial charge in [-0.2, -0.15) is 0 Å². The SMILES string of the molecule is CC(=O)OCC(C)C.CC(=O)OCCC(C)C.CC(C)=CCC[C@@](C)(O)[C@H]1CC=C(C)CC1.CC(C)CCO.CCO. The maximum absolute atomic E-state index is 10.5. The molecular formula is C35H70O7. The molecule has 42 heavy (non-hydrogen) atoms. The van der Waals surface area contributed by atoms with E-state index in [1.54, 1.807) is 6.92 Å². The number of carbonyl (C=O) groups excluding carboxylic acids is 2. The molecule has 7 heteroatoms. The van der Waals surface area contributed by atoms with Crippen LogP contribution < -0.4 is 0 Å². The first-order valence-corrected chi connectivity index (χ1v) is 15.9. The second-order valence-corrected chi connectivity index (χ2v) is 12.6. The lowest BCUT2D eigenvalue weighted by Gasteiger charge is -2.34. The summed E-state index contributed by atoms with van der Waals surface area (Å²) in [7, 11) is 0. The number of ether oxygens (including phenoxy) is 2. The van der Waals surface area contributed by atoms with Crippen LogP contribution in [0.5, 0.6) is 0 Å². The van der Waals surface area contributed by atoms with Crippen LogP contribution in [0.25, 0.3) is 0 Å². The van der Waals surface area contributed by atoms with Crippen LogP contribution in [0.1, 0.15) is 135 Å². The zero-order chi connectivity index (χ0) is 33.7. The van der Waals surface area contributed by atoms with E-state index in [0.717, 1.165) is 44.9 Å². The predicted molar refractivity (Wildman–Crippen MR) is 177 cm³/mol. The lowest BCUT2D eigenvalue weighted by Crippen LogP contribution is -2.35. The number of rotatable bonds is 11. The van der Waals surface area contributed by atoms with Crippen molar-refractivity contribution in [2.45, 2.75) is 141 Å². The van der Waals surface area contributed by atoms with Gasteiger partial charge in [-0.05, 0) is 103 Å². The van der Waals surface area contributed by atoms with E-state index < -0.39 is 5.60 Å². The number of carbonyl (C=O) groups is 2. The van der Waals surface area contributed by atoms with Crippen molar-refractivity contribution in [2.24, 2.45) is 23.7 Å². The Morgan fingerprint density at radius 1 is 0.952 bits per heavy atom. The van der Waals surface area contributed by atoms with Gasteiger partial charge >= 0.3 is 11.9 Å². The van der Waals surface area contributed by atoms with Crippen molar-refractivity contribution in [3.05, 3.63) is 23.3 Å². The maximum atomic E-state index is 10.5. The second kappa shape index (κ2) is 30.7. The normalized spacial score (nSPS) is 15.1. The molecule has 0 aromatic rings. The summed E-state index contributed by atoms with van der Waals surface area (Å²) in [6.45, 7) is 27.0. The van der Waals surface area contributed by atoms with Crippen molar-refractivity contribution < 1.29 is 34.4 Å². The van der Waals surface area contributed by atoms with E-state index in [9.17, 15) is 14.7 Å². The molecule has 0 heterocycles. The third-order valence-electron chi connectivity index (χ3n) is 6.05. The molecule has 0 spiro atoms. The number of aliphatic hydroxyl groups is 3. The second-order valence-electron chi connectivity index (χ2n) is 12.6. The average Bonchev–Trinajstić information content (AvgIpc) is 2.84. The van der Waals surface area contributed by atoms with Crippen LogP contribution in [0.2, 0.25) is 0 Å². The van der Waals surface area contributed by atoms with Crippen LogP contribution in [0, 0.1) is 23.7 Å². The first kappa shape index (κ1) is 47.2. The minimum Gasteiger partial charge on any atom is -0.466 e. The highest BCUT2D eigenvalue weighted by atomic mass is 16.5. The Kier molecular flexibility index (Phi) is 34.6. The van der Waals surface area contributed by atoms with Gasteiger partial charge in [0.1, 0.15) is 0 Å². The number of hydrogen-bond donors (Lipinski definition) is 3. The quantitative estimate of drug-likeness (QED) is 0.162. The summed E-state index contributed by atoms with van der Waals surface area (Å²) in [5, 5.41) is 26.3. The summed E-state index contributed by atoms with van der Waals surface area (Å²) in [5.74, 6) is 1.77. The third kappa shape index (κ3) is 42.8. The molecule has 0 aromatic heterocycles. The largest absolute Gasteiger partial charge is 0.466 e. The lowest BCUT2D eigenvalue weighted by molar-refractivity contribution is -0.142. The zero-order valence-electron chi connectivity index (χ0n) is 29.7. The Bertz CT molecular complexity index is 687. The van der Waals surface area contributed by atoms with Gasteiger partial charge < -0.3 is 24.8 Å². The number of aliphatic hydroxyl groups excluding tert-OH is 2. The molecule has 0 aliphatic heterocycles. The molecule has 0 unspecified atom stereocenters. The van der Waals surface area contributed by atoms with Crippen LogP contribution in [0.3, 0.4) is 0 Å². The molecule has 1 aliphatic rings. The van der Waals surface area contributed by atoms with Crippen LogP contribution in [0.4, 0.5) is 0 Å². The predicted octanol–water partition coefficient (Wildman–Crippen LogP) is 8.05. The highest BCUT2D eigenvalue weighted by Gasteiger charge is 2.31. The Balaban J connectivity index is -0.000000238. The highest BCUT2D eigenvalue weighted by molar-refractivity contribution is 5.66. The van der Waals surface area contributed by atoms with E-state index in [1.807, 2.05) is 20.8 Å². The average molecular weight is 603 g/mol. The van der Waals surface area contributed by atoms with E-state index in [4.69, 9.17) is 14.9 Å². The Morgan fingerprint density at radius 3 is 1.74 bits per heavy atom. The summed E-state index contributed by atoms with van der Waals surface area (Å²) < 4.78 is 9.38. The first-order valence-electron chi connectivity index (χ1n) is 15.9. The summed E-state index contributed by atoms with van der Waals surface area (Å²) in [6, 6.07) is 0. The highest BCUT2D eigenvalue weighted by Crippen LogP contribution is 2.34. The molecule has 0 amide bonds. The molecule has 0 saturated carbocycles. The van der Waals surface area contributed by atoms with Crippen molar-refractivity contribution >= 4 is 11.9 Å². The summed E-state index contributed by atoms with van der Waals surface area (Å²) in [4.78, 5) is 20.3. The van der Waals surface area contributed by atoms with Gasteiger partial charge in [0.2, 0.25) is 0 Å². The van der Waals surface area contributed by atoms with Gasteiger partial charge in [0.25, 0.3) is 0 Å². The molecule has 1 rings (SSSR count). The van der Waals surface area contributed by atoms with E-state index in [1.165, 1.54) is 25.0 Å². The van der Waals surface area contributed by atoms with Gasteiger partial charge in [0.05, 0.1) is 18.8 Å². The smallest absolute Gasteiger partial charge is 0.302 e. The van der Waals surface area contributed by atoms with Crippen LogP contribution >= 0.6 is 0 Å². The van der Waals surface area contributed by atoms with Crippen molar-refractivity contribution in [1.82, 2.24) is 0 Å². The Hall–Kier alpha value is -1.70. The minimum atomic E-state index is -0.497. The Morgan fingerprint density at radius 2 is 1.45 bits per heavy atom. The van der Waals surface area contributed by atoms with Gasteiger partial charge in [-0.1, -0.05) is 64.8 Å². The molecule has 0 fully saturated rings. The van der Waals surface area contributed by atoms with E-state index in [0.29, 0.717) is 43.5 Å². The number of esters is 2. The third-order valence-corrected chi connectivity index (χ3v) is 6.05. The lowest BCUT2D eigenvalue weighted by atomic mass is 9.76. The zero-order valence-corrected chi connectivity index (χ0v) is 29.7. The molecule has 1 aliphatic carbocycles. The van der Waals surface area contributed by atoms with Crippen molar-refractivity contribution in [1.29, 1.82) is 0 Å². The molecule has 0 bridgehead atoms. The summed E-state index contributed by atoms with van der Waals surface area (Å²) in [5.41, 5.74) is 2.33. The van der Waals surface area contributed by atoms with E-state index in [2.05, 4.69) is 65.4 Å². The molecule has 0 saturated heterocycles. The minimum absolute atomic E-state index is 0.185. The van der Waals surface area contributed by atoms with Gasteiger partial charge in [-0.25, -0.2) is 0 Å². The fourth-order valence-electron chi connectivity index (χ4n) is 3.37. The van der Waals surface area contributed by atoms with Crippen LogP contribution in [0.15, 0.2) is 23.3 Å². The molecule has 3 N–H and O–H groups in total. The topological polar surface area (TPSA) is 113 Å². The fraction of sp³-hybridized carbons (Fsp3) is 0.829. The van der Waals surface area contributed by atoms with Crippen LogP contribution in [-0.4, -0.2) is 59.3 Å².